The fourth-order valence-corrected chi connectivity index (χ4v) is 1.07. The maximum Gasteiger partial charge on any atom is 0.0857 e. The second kappa shape index (κ2) is 15.4. The van der Waals surface area contributed by atoms with Gasteiger partial charge in [-0.05, 0) is 0 Å². The molecular formula is C13H27NO5. The third kappa shape index (κ3) is 15.3. The molecule has 6 nitrogen and oxygen atoms in total. The lowest BCUT2D eigenvalue weighted by atomic mass is 10.5. The van der Waals surface area contributed by atoms with Crippen LogP contribution in [0, 0.1) is 0 Å². The van der Waals surface area contributed by atoms with E-state index in [1.807, 2.05) is 7.05 Å². The number of rotatable bonds is 15. The Hall–Kier alpha value is -0.660. The van der Waals surface area contributed by atoms with E-state index in [9.17, 15) is 0 Å². The van der Waals surface area contributed by atoms with Crippen molar-refractivity contribution in [2.24, 2.45) is 0 Å². The zero-order chi connectivity index (χ0) is 14.2. The first-order valence-electron chi connectivity index (χ1n) is 6.46. The topological polar surface area (TPSA) is 58.2 Å². The van der Waals surface area contributed by atoms with Crippen LogP contribution in [-0.2, 0) is 23.7 Å². The van der Waals surface area contributed by atoms with Crippen molar-refractivity contribution >= 4 is 0 Å². The van der Waals surface area contributed by atoms with Crippen LogP contribution in [0.5, 0.6) is 0 Å². The Morgan fingerprint density at radius 2 is 1.21 bits per heavy atom. The Balaban J connectivity index is 2.97. The van der Waals surface area contributed by atoms with Gasteiger partial charge >= 0.3 is 0 Å². The molecule has 0 atom stereocenters. The van der Waals surface area contributed by atoms with Crippen LogP contribution in [-0.4, -0.2) is 73.6 Å². The maximum absolute atomic E-state index is 5.33. The van der Waals surface area contributed by atoms with Gasteiger partial charge in [0.25, 0.3) is 0 Å². The first-order valence-corrected chi connectivity index (χ1v) is 6.46. The molecule has 0 fully saturated rings. The quantitative estimate of drug-likeness (QED) is 0.438. The van der Waals surface area contributed by atoms with Crippen molar-refractivity contribution in [2.45, 2.75) is 0 Å². The highest BCUT2D eigenvalue weighted by Gasteiger charge is 1.93. The van der Waals surface area contributed by atoms with Crippen LogP contribution in [0.25, 0.3) is 0 Å². The van der Waals surface area contributed by atoms with E-state index < -0.39 is 0 Å². The largest absolute Gasteiger partial charge is 0.390 e. The normalized spacial score (nSPS) is 10.6. The van der Waals surface area contributed by atoms with Gasteiger partial charge in [-0.3, -0.25) is 0 Å². The summed E-state index contributed by atoms with van der Waals surface area (Å²) in [7, 11) is 3.47. The molecule has 0 aliphatic carbocycles. The minimum atomic E-state index is 0.509. The Bertz CT molecular complexity index is 201. The van der Waals surface area contributed by atoms with E-state index in [-0.39, 0.29) is 0 Å². The van der Waals surface area contributed by atoms with Crippen molar-refractivity contribution in [1.82, 2.24) is 5.32 Å². The van der Waals surface area contributed by atoms with Crippen molar-refractivity contribution in [3.05, 3.63) is 12.3 Å². The minimum Gasteiger partial charge on any atom is -0.390 e. The molecule has 0 aromatic rings. The average molecular weight is 277 g/mol. The van der Waals surface area contributed by atoms with E-state index in [0.717, 1.165) is 5.70 Å². The summed E-state index contributed by atoms with van der Waals surface area (Å²) in [6.45, 7) is 8.88. The highest BCUT2D eigenvalue weighted by Crippen LogP contribution is 1.86. The molecule has 0 saturated carbocycles. The molecule has 6 heteroatoms. The summed E-state index contributed by atoms with van der Waals surface area (Å²) < 4.78 is 26.1. The Morgan fingerprint density at radius 1 is 0.789 bits per heavy atom. The standard InChI is InChI=1S/C13H27NO5/c1-13(14-2)12-19-11-10-18-9-8-17-7-6-16-5-4-15-3/h14H,1,4-12H2,2-3H3. The Kier molecular flexibility index (Phi) is 14.9. The average Bonchev–Trinajstić information content (AvgIpc) is 2.43. The molecule has 0 radical (unpaired) electrons. The Morgan fingerprint density at radius 3 is 1.63 bits per heavy atom. The van der Waals surface area contributed by atoms with Gasteiger partial charge in [-0.25, -0.2) is 0 Å². The van der Waals surface area contributed by atoms with Crippen LogP contribution < -0.4 is 5.32 Å². The van der Waals surface area contributed by atoms with E-state index in [4.69, 9.17) is 23.7 Å². The third-order valence-electron chi connectivity index (χ3n) is 2.18. The van der Waals surface area contributed by atoms with Gasteiger partial charge in [-0.1, -0.05) is 6.58 Å². The van der Waals surface area contributed by atoms with Crippen molar-refractivity contribution < 1.29 is 23.7 Å². The number of methoxy groups -OCH3 is 1. The smallest absolute Gasteiger partial charge is 0.0857 e. The zero-order valence-electron chi connectivity index (χ0n) is 12.1. The summed E-state index contributed by atoms with van der Waals surface area (Å²) >= 11 is 0. The molecule has 1 N–H and O–H groups in total. The number of nitrogens with one attached hydrogen (secondary N) is 1. The monoisotopic (exact) mass is 277 g/mol. The second-order valence-corrected chi connectivity index (χ2v) is 3.74. The van der Waals surface area contributed by atoms with Crippen molar-refractivity contribution in [3.63, 3.8) is 0 Å². The molecule has 114 valence electrons. The predicted molar refractivity (Wildman–Crippen MR) is 73.4 cm³/mol. The minimum absolute atomic E-state index is 0.509. The van der Waals surface area contributed by atoms with Gasteiger partial charge in [0.05, 0.1) is 59.5 Å². The molecule has 19 heavy (non-hydrogen) atoms. The summed E-state index contributed by atoms with van der Waals surface area (Å²) in [5.74, 6) is 0. The van der Waals surface area contributed by atoms with E-state index in [0.29, 0.717) is 59.5 Å². The van der Waals surface area contributed by atoms with Gasteiger partial charge in [0.2, 0.25) is 0 Å². The van der Waals surface area contributed by atoms with Gasteiger partial charge in [-0.2, -0.15) is 0 Å². The van der Waals surface area contributed by atoms with Crippen LogP contribution in [0.1, 0.15) is 0 Å². The molecule has 0 rings (SSSR count). The number of hydrogen-bond donors (Lipinski definition) is 1. The maximum atomic E-state index is 5.33. The second-order valence-electron chi connectivity index (χ2n) is 3.74. The van der Waals surface area contributed by atoms with E-state index in [1.165, 1.54) is 0 Å². The molecule has 0 heterocycles. The van der Waals surface area contributed by atoms with Crippen molar-refractivity contribution in [2.75, 3.05) is 73.6 Å². The number of ether oxygens (including phenoxy) is 5. The van der Waals surface area contributed by atoms with Crippen LogP contribution in [0.3, 0.4) is 0 Å². The predicted octanol–water partition coefficient (Wildman–Crippen LogP) is 0.432. The molecule has 0 aromatic heterocycles. The van der Waals surface area contributed by atoms with E-state index in [2.05, 4.69) is 11.9 Å². The molecule has 0 aliphatic heterocycles. The fourth-order valence-electron chi connectivity index (χ4n) is 1.07. The molecule has 0 aromatic carbocycles. The molecule has 0 spiro atoms. The molecule has 0 unspecified atom stereocenters. The van der Waals surface area contributed by atoms with Gasteiger partial charge in [0.1, 0.15) is 0 Å². The zero-order valence-corrected chi connectivity index (χ0v) is 12.1. The molecular weight excluding hydrogens is 250 g/mol. The summed E-state index contributed by atoms with van der Waals surface area (Å²) in [4.78, 5) is 0. The van der Waals surface area contributed by atoms with Crippen LogP contribution in [0.15, 0.2) is 12.3 Å². The lowest BCUT2D eigenvalue weighted by Crippen LogP contribution is -2.15. The molecule has 0 saturated heterocycles. The van der Waals surface area contributed by atoms with Gasteiger partial charge in [-0.15, -0.1) is 0 Å². The van der Waals surface area contributed by atoms with Gasteiger partial charge in [0.15, 0.2) is 0 Å². The van der Waals surface area contributed by atoms with Crippen LogP contribution >= 0.6 is 0 Å². The summed E-state index contributed by atoms with van der Waals surface area (Å²) in [6, 6.07) is 0. The summed E-state index contributed by atoms with van der Waals surface area (Å²) in [6.07, 6.45) is 0. The van der Waals surface area contributed by atoms with Crippen LogP contribution in [0.4, 0.5) is 0 Å². The lowest BCUT2D eigenvalue weighted by molar-refractivity contribution is -0.00631. The Labute approximate surface area is 116 Å². The molecule has 0 aliphatic rings. The van der Waals surface area contributed by atoms with Crippen LogP contribution in [0.2, 0.25) is 0 Å². The first kappa shape index (κ1) is 18.3. The van der Waals surface area contributed by atoms with Gasteiger partial charge < -0.3 is 29.0 Å². The highest BCUT2D eigenvalue weighted by molar-refractivity contribution is 4.88. The highest BCUT2D eigenvalue weighted by atomic mass is 16.6. The van der Waals surface area contributed by atoms with E-state index >= 15 is 0 Å². The number of hydrogen-bond acceptors (Lipinski definition) is 6. The first-order chi connectivity index (χ1) is 9.31. The third-order valence-corrected chi connectivity index (χ3v) is 2.18. The molecule has 0 bridgehead atoms. The lowest BCUT2D eigenvalue weighted by Gasteiger charge is -2.08. The van der Waals surface area contributed by atoms with E-state index in [1.54, 1.807) is 7.11 Å². The van der Waals surface area contributed by atoms with Gasteiger partial charge in [0, 0.05) is 19.9 Å². The summed E-state index contributed by atoms with van der Waals surface area (Å²) in [5, 5.41) is 2.91. The van der Waals surface area contributed by atoms with Crippen molar-refractivity contribution in [1.29, 1.82) is 0 Å². The van der Waals surface area contributed by atoms with Crippen molar-refractivity contribution in [3.8, 4) is 0 Å². The fraction of sp³-hybridized carbons (Fsp3) is 0.846. The molecule has 0 amide bonds. The SMILES string of the molecule is C=C(COCCOCCOCCOCCOC)NC. The number of likely N-dealkylation sites (N-methyl/N-ethyl adjacent to an activating group) is 1. The summed E-state index contributed by atoms with van der Waals surface area (Å²) in [5.41, 5.74) is 0.858.